The van der Waals surface area contributed by atoms with Crippen molar-refractivity contribution < 1.29 is 9.47 Å². The zero-order valence-corrected chi connectivity index (χ0v) is 26.5. The molecule has 14 heteroatoms. The minimum absolute atomic E-state index is 0.107. The van der Waals surface area contributed by atoms with E-state index in [2.05, 4.69) is 54.9 Å². The minimum atomic E-state index is -0.107. The van der Waals surface area contributed by atoms with E-state index in [0.29, 0.717) is 49.4 Å². The average molecular weight is 628 g/mol. The van der Waals surface area contributed by atoms with Crippen molar-refractivity contribution in [3.8, 4) is 5.69 Å². The van der Waals surface area contributed by atoms with Gasteiger partial charge in [0.05, 0.1) is 43.9 Å². The number of thiocarbonyl (C=S) groups is 1. The highest BCUT2D eigenvalue weighted by molar-refractivity contribution is 7.80. The zero-order valence-electron chi connectivity index (χ0n) is 25.7. The molecular formula is C31H37N11O2S. The van der Waals surface area contributed by atoms with E-state index in [4.69, 9.17) is 41.7 Å². The van der Waals surface area contributed by atoms with E-state index in [0.717, 1.165) is 65.9 Å². The Kier molecular flexibility index (Phi) is 8.08. The lowest BCUT2D eigenvalue weighted by atomic mass is 9.97. The molecule has 3 aliphatic rings. The molecule has 1 atom stereocenters. The predicted molar refractivity (Wildman–Crippen MR) is 179 cm³/mol. The number of aryl methyl sites for hydroxylation is 1. The number of hydrogen-bond acceptors (Lipinski definition) is 11. The van der Waals surface area contributed by atoms with E-state index in [1.165, 1.54) is 0 Å². The molecular weight excluding hydrogens is 590 g/mol. The lowest BCUT2D eigenvalue weighted by molar-refractivity contribution is 0.121. The molecule has 0 aliphatic carbocycles. The number of hydrogen-bond donors (Lipinski definition) is 3. The highest BCUT2D eigenvalue weighted by Gasteiger charge is 2.31. The van der Waals surface area contributed by atoms with Gasteiger partial charge < -0.3 is 40.1 Å². The van der Waals surface area contributed by atoms with Crippen LogP contribution in [0.4, 0.5) is 35.0 Å². The quantitative estimate of drug-likeness (QED) is 0.260. The van der Waals surface area contributed by atoms with Crippen LogP contribution in [-0.4, -0.2) is 96.5 Å². The molecule has 0 saturated carbocycles. The second-order valence-electron chi connectivity index (χ2n) is 11.4. The summed E-state index contributed by atoms with van der Waals surface area (Å²) in [5.41, 5.74) is 6.02. The van der Waals surface area contributed by atoms with Gasteiger partial charge in [0.15, 0.2) is 5.11 Å². The minimum Gasteiger partial charge on any atom is -0.378 e. The van der Waals surface area contributed by atoms with Crippen LogP contribution in [-0.2, 0) is 9.47 Å². The smallest absolute Gasteiger partial charge is 0.233 e. The Morgan fingerprint density at radius 2 is 1.44 bits per heavy atom. The molecule has 0 amide bonds. The molecule has 13 nitrogen and oxygen atoms in total. The molecule has 3 N–H and O–H groups in total. The summed E-state index contributed by atoms with van der Waals surface area (Å²) in [4.78, 5) is 20.7. The summed E-state index contributed by atoms with van der Waals surface area (Å²) in [5.74, 6) is 2.65. The normalized spacial score (nSPS) is 18.2. The number of benzene rings is 2. The first-order chi connectivity index (χ1) is 21.9. The van der Waals surface area contributed by atoms with Gasteiger partial charge in [-0.15, -0.1) is 0 Å². The highest BCUT2D eigenvalue weighted by atomic mass is 32.1. The summed E-state index contributed by atoms with van der Waals surface area (Å²) in [6.45, 7) is 7.59. The summed E-state index contributed by atoms with van der Waals surface area (Å²) >= 11 is 5.63. The van der Waals surface area contributed by atoms with Crippen molar-refractivity contribution in [2.24, 2.45) is 0 Å². The molecule has 2 aromatic heterocycles. The summed E-state index contributed by atoms with van der Waals surface area (Å²) in [6.07, 6.45) is 0. The van der Waals surface area contributed by atoms with Gasteiger partial charge in [-0.25, -0.2) is 4.68 Å². The fraction of sp³-hybridized carbons (Fsp3) is 0.387. The van der Waals surface area contributed by atoms with Gasteiger partial charge in [-0.05, 0) is 61.1 Å². The summed E-state index contributed by atoms with van der Waals surface area (Å²) in [7, 11) is 4.07. The van der Waals surface area contributed by atoms with Crippen molar-refractivity contribution in [1.29, 1.82) is 0 Å². The van der Waals surface area contributed by atoms with Gasteiger partial charge in [0.2, 0.25) is 17.8 Å². The van der Waals surface area contributed by atoms with Crippen molar-refractivity contribution in [2.75, 3.05) is 92.0 Å². The molecule has 3 aliphatic heterocycles. The van der Waals surface area contributed by atoms with Crippen molar-refractivity contribution >= 4 is 52.4 Å². The van der Waals surface area contributed by atoms with Crippen LogP contribution in [0.2, 0.25) is 0 Å². The number of aromatic nitrogens is 5. The largest absolute Gasteiger partial charge is 0.378 e. The molecule has 0 bridgehead atoms. The van der Waals surface area contributed by atoms with Gasteiger partial charge in [0.25, 0.3) is 0 Å². The van der Waals surface area contributed by atoms with E-state index < -0.39 is 0 Å². The Labute approximate surface area is 267 Å². The van der Waals surface area contributed by atoms with Crippen molar-refractivity contribution in [3.63, 3.8) is 0 Å². The predicted octanol–water partition coefficient (Wildman–Crippen LogP) is 3.24. The van der Waals surface area contributed by atoms with Crippen LogP contribution in [0.3, 0.4) is 0 Å². The van der Waals surface area contributed by atoms with Crippen molar-refractivity contribution in [1.82, 2.24) is 30.0 Å². The second-order valence-corrected chi connectivity index (χ2v) is 11.8. The van der Waals surface area contributed by atoms with Gasteiger partial charge in [-0.1, -0.05) is 12.1 Å². The van der Waals surface area contributed by atoms with Gasteiger partial charge in [-0.3, -0.25) is 0 Å². The van der Waals surface area contributed by atoms with Crippen LogP contribution >= 0.6 is 12.2 Å². The molecule has 2 fully saturated rings. The average Bonchev–Trinajstić information content (AvgIpc) is 3.41. The van der Waals surface area contributed by atoms with Crippen LogP contribution in [0.1, 0.15) is 22.9 Å². The molecule has 5 heterocycles. The molecule has 4 aromatic rings. The van der Waals surface area contributed by atoms with Crippen molar-refractivity contribution in [3.05, 3.63) is 65.4 Å². The summed E-state index contributed by atoms with van der Waals surface area (Å²) < 4.78 is 13.0. The van der Waals surface area contributed by atoms with Gasteiger partial charge in [0.1, 0.15) is 5.82 Å². The van der Waals surface area contributed by atoms with E-state index in [1.807, 2.05) is 50.0 Å². The van der Waals surface area contributed by atoms with E-state index in [1.54, 1.807) is 0 Å². The summed E-state index contributed by atoms with van der Waals surface area (Å²) in [5, 5.41) is 15.7. The van der Waals surface area contributed by atoms with Gasteiger partial charge in [-0.2, -0.15) is 20.1 Å². The SMILES string of the molecule is Cc1nn(-c2ccc(Nc3nc(N4CCOCC4)nc(N4CCOCC4)n3)cc2)c2c1C(c1ccc(N(C)C)cc1)NC(=S)N2. The van der Waals surface area contributed by atoms with E-state index >= 15 is 0 Å². The molecule has 234 valence electrons. The maximum Gasteiger partial charge on any atom is 0.233 e. The topological polar surface area (TPSA) is 121 Å². The lowest BCUT2D eigenvalue weighted by Crippen LogP contribution is -2.40. The standard InChI is InChI=1S/C31H37N11O2S/c1-20-25-26(21-4-8-23(9-5-21)39(2)3)33-31(45)34-27(25)42(38-20)24-10-6-22(7-11-24)32-28-35-29(40-12-16-43-17-13-40)37-30(36-28)41-14-18-44-19-15-41/h4-11,26H,12-19H2,1-3H3,(H2,33,34,45)(H,32,35,36,37). The van der Waals surface area contributed by atoms with E-state index in [9.17, 15) is 0 Å². The molecule has 2 aromatic carbocycles. The van der Waals surface area contributed by atoms with Crippen LogP contribution < -0.4 is 30.7 Å². The molecule has 0 radical (unpaired) electrons. The Morgan fingerprint density at radius 3 is 2.02 bits per heavy atom. The van der Waals surface area contributed by atoms with Gasteiger partial charge in [0, 0.05) is 57.2 Å². The molecule has 1 unspecified atom stereocenters. The maximum absolute atomic E-state index is 5.63. The number of nitrogens with one attached hydrogen (secondary N) is 3. The first kappa shape index (κ1) is 29.2. The molecule has 7 rings (SSSR count). The lowest BCUT2D eigenvalue weighted by Gasteiger charge is -2.30. The third-order valence-corrected chi connectivity index (χ3v) is 8.43. The first-order valence-corrected chi connectivity index (χ1v) is 15.6. The summed E-state index contributed by atoms with van der Waals surface area (Å²) in [6, 6.07) is 16.5. The van der Waals surface area contributed by atoms with Gasteiger partial charge >= 0.3 is 0 Å². The number of nitrogens with zero attached hydrogens (tertiary/aromatic N) is 8. The van der Waals surface area contributed by atoms with Crippen LogP contribution in [0.25, 0.3) is 5.69 Å². The number of ether oxygens (including phenoxy) is 2. The fourth-order valence-corrected chi connectivity index (χ4v) is 6.00. The monoisotopic (exact) mass is 627 g/mol. The van der Waals surface area contributed by atoms with Crippen molar-refractivity contribution in [2.45, 2.75) is 13.0 Å². The molecule has 0 spiro atoms. The number of rotatable bonds is 7. The Bertz CT molecular complexity index is 1630. The Hall–Kier alpha value is -4.53. The maximum atomic E-state index is 5.63. The fourth-order valence-electron chi connectivity index (χ4n) is 5.79. The van der Waals surface area contributed by atoms with Crippen LogP contribution in [0.5, 0.6) is 0 Å². The third kappa shape index (κ3) is 6.08. The molecule has 2 saturated heterocycles. The van der Waals surface area contributed by atoms with Crippen LogP contribution in [0.15, 0.2) is 48.5 Å². The Morgan fingerprint density at radius 1 is 0.844 bits per heavy atom. The number of fused-ring (bicyclic) bond motifs is 1. The first-order valence-electron chi connectivity index (χ1n) is 15.2. The molecule has 45 heavy (non-hydrogen) atoms. The number of anilines is 6. The Balaban J connectivity index is 1.15. The van der Waals surface area contributed by atoms with E-state index in [-0.39, 0.29) is 6.04 Å². The van der Waals surface area contributed by atoms with Crippen LogP contribution in [0, 0.1) is 6.92 Å². The number of morpholine rings is 2. The second kappa shape index (κ2) is 12.5. The zero-order chi connectivity index (χ0) is 30.9. The highest BCUT2D eigenvalue weighted by Crippen LogP contribution is 2.36. The third-order valence-electron chi connectivity index (χ3n) is 8.21.